The van der Waals surface area contributed by atoms with Crippen molar-refractivity contribution in [2.24, 2.45) is 0 Å². The van der Waals surface area contributed by atoms with Gasteiger partial charge in [-0.05, 0) is 65.6 Å². The molecule has 2 aliphatic rings. The van der Waals surface area contributed by atoms with Gasteiger partial charge >= 0.3 is 6.03 Å². The molecule has 8 nitrogen and oxygen atoms in total. The summed E-state index contributed by atoms with van der Waals surface area (Å²) in [7, 11) is 1.59. The smallest absolute Gasteiger partial charge is 0.318 e. The first-order valence-electron chi connectivity index (χ1n) is 14.1. The number of anilines is 1. The lowest BCUT2D eigenvalue weighted by Gasteiger charge is -2.36. The van der Waals surface area contributed by atoms with E-state index in [1.807, 2.05) is 53.4 Å². The number of fused-ring (bicyclic) bond motifs is 1. The SMILES string of the molecule is CNC(=O)Nc1ccccc1C1CCN(C(=O)[C@@H](Cc2ccc(Cl)cc2)NC(=O)[C@@H]2Cc3ccccc3CN2)CC1. The van der Waals surface area contributed by atoms with Crippen LogP contribution < -0.4 is 21.3 Å². The molecule has 5 rings (SSSR count). The van der Waals surface area contributed by atoms with Crippen LogP contribution in [0.3, 0.4) is 0 Å². The second-order valence-electron chi connectivity index (χ2n) is 10.7. The third kappa shape index (κ3) is 7.07. The summed E-state index contributed by atoms with van der Waals surface area (Å²) in [5.74, 6) is -0.0427. The number of carbonyl (C=O) groups is 3. The van der Waals surface area contributed by atoms with E-state index in [1.165, 1.54) is 5.56 Å². The van der Waals surface area contributed by atoms with E-state index >= 15 is 0 Å². The van der Waals surface area contributed by atoms with Crippen LogP contribution in [-0.2, 0) is 29.0 Å². The summed E-state index contributed by atoms with van der Waals surface area (Å²) in [5, 5.41) is 12.5. The van der Waals surface area contributed by atoms with Gasteiger partial charge in [-0.25, -0.2) is 4.79 Å². The molecule has 1 saturated heterocycles. The normalized spacial score (nSPS) is 17.7. The van der Waals surface area contributed by atoms with Crippen LogP contribution in [0, 0.1) is 0 Å². The Morgan fingerprint density at radius 3 is 2.37 bits per heavy atom. The van der Waals surface area contributed by atoms with Gasteiger partial charge in [-0.15, -0.1) is 0 Å². The number of amides is 4. The predicted octanol–water partition coefficient (Wildman–Crippen LogP) is 4.24. The molecule has 0 aliphatic carbocycles. The minimum atomic E-state index is -0.693. The fourth-order valence-corrected chi connectivity index (χ4v) is 5.88. The Bertz CT molecular complexity index is 1390. The Kier molecular flexibility index (Phi) is 9.21. The van der Waals surface area contributed by atoms with E-state index in [1.54, 1.807) is 19.2 Å². The maximum atomic E-state index is 13.9. The molecule has 0 aromatic heterocycles. The average Bonchev–Trinajstić information content (AvgIpc) is 3.01. The van der Waals surface area contributed by atoms with Crippen molar-refractivity contribution in [1.82, 2.24) is 20.9 Å². The first-order valence-corrected chi connectivity index (χ1v) is 14.5. The Hall–Kier alpha value is -3.88. The average molecular weight is 574 g/mol. The molecule has 2 aliphatic heterocycles. The number of nitrogens with one attached hydrogen (secondary N) is 4. The topological polar surface area (TPSA) is 103 Å². The molecule has 41 heavy (non-hydrogen) atoms. The number of urea groups is 1. The summed E-state index contributed by atoms with van der Waals surface area (Å²) in [5.41, 5.74) is 5.13. The molecule has 1 fully saturated rings. The molecular formula is C32H36ClN5O3. The number of piperidine rings is 1. The van der Waals surface area contributed by atoms with Crippen molar-refractivity contribution in [2.75, 3.05) is 25.5 Å². The zero-order valence-electron chi connectivity index (χ0n) is 23.2. The standard InChI is InChI=1S/C32H36ClN5O3/c1-34-32(41)37-27-9-5-4-8-26(27)22-14-16-38(17-15-22)31(40)29(18-21-10-12-25(33)13-11-21)36-30(39)28-19-23-6-2-3-7-24(23)20-35-28/h2-13,22,28-29,35H,14-20H2,1H3,(H,36,39)(H2,34,37,41)/t28-,29+/m0/s1. The van der Waals surface area contributed by atoms with Crippen molar-refractivity contribution in [3.8, 4) is 0 Å². The Morgan fingerprint density at radius 1 is 0.951 bits per heavy atom. The Balaban J connectivity index is 1.27. The van der Waals surface area contributed by atoms with E-state index < -0.39 is 12.1 Å². The van der Waals surface area contributed by atoms with Crippen molar-refractivity contribution >= 4 is 35.1 Å². The second-order valence-corrected chi connectivity index (χ2v) is 11.1. The summed E-state index contributed by atoms with van der Waals surface area (Å²) in [4.78, 5) is 41.1. The minimum Gasteiger partial charge on any atom is -0.343 e. The number of benzene rings is 3. The third-order valence-corrected chi connectivity index (χ3v) is 8.30. The van der Waals surface area contributed by atoms with Crippen LogP contribution in [0.2, 0.25) is 5.02 Å². The lowest BCUT2D eigenvalue weighted by Crippen LogP contribution is -2.56. The van der Waals surface area contributed by atoms with E-state index in [0.717, 1.165) is 35.2 Å². The van der Waals surface area contributed by atoms with Gasteiger partial charge in [0.2, 0.25) is 11.8 Å². The number of likely N-dealkylation sites (tertiary alicyclic amines) is 1. The molecule has 0 unspecified atom stereocenters. The van der Waals surface area contributed by atoms with Crippen molar-refractivity contribution in [3.63, 3.8) is 0 Å². The summed E-state index contributed by atoms with van der Waals surface area (Å²) in [6.07, 6.45) is 2.49. The van der Waals surface area contributed by atoms with Gasteiger partial charge in [-0.2, -0.15) is 0 Å². The summed E-state index contributed by atoms with van der Waals surface area (Å²) in [6, 6.07) is 22.0. The van der Waals surface area contributed by atoms with Crippen LogP contribution >= 0.6 is 11.6 Å². The van der Waals surface area contributed by atoms with E-state index in [0.29, 0.717) is 37.5 Å². The molecular weight excluding hydrogens is 538 g/mol. The first-order chi connectivity index (χ1) is 19.9. The molecule has 4 amide bonds. The molecule has 0 spiro atoms. The zero-order chi connectivity index (χ0) is 28.8. The lowest BCUT2D eigenvalue weighted by molar-refractivity contribution is -0.137. The number of carbonyl (C=O) groups excluding carboxylic acids is 3. The van der Waals surface area contributed by atoms with Crippen molar-refractivity contribution < 1.29 is 14.4 Å². The van der Waals surface area contributed by atoms with Gasteiger partial charge in [0.05, 0.1) is 6.04 Å². The highest BCUT2D eigenvalue weighted by Crippen LogP contribution is 2.33. The van der Waals surface area contributed by atoms with Gasteiger partial charge in [0, 0.05) is 43.8 Å². The van der Waals surface area contributed by atoms with E-state index in [-0.39, 0.29) is 23.8 Å². The fourth-order valence-electron chi connectivity index (χ4n) is 5.75. The fraction of sp³-hybridized carbons (Fsp3) is 0.344. The molecule has 214 valence electrons. The van der Waals surface area contributed by atoms with Gasteiger partial charge in [-0.1, -0.05) is 66.2 Å². The highest BCUT2D eigenvalue weighted by molar-refractivity contribution is 6.30. The van der Waals surface area contributed by atoms with Crippen LogP contribution in [0.5, 0.6) is 0 Å². The van der Waals surface area contributed by atoms with Crippen LogP contribution in [0.1, 0.15) is 41.0 Å². The third-order valence-electron chi connectivity index (χ3n) is 8.05. The summed E-state index contributed by atoms with van der Waals surface area (Å²) >= 11 is 6.09. The number of nitrogens with zero attached hydrogens (tertiary/aromatic N) is 1. The van der Waals surface area contributed by atoms with E-state index in [9.17, 15) is 14.4 Å². The first kappa shape index (κ1) is 28.6. The molecule has 0 bridgehead atoms. The maximum Gasteiger partial charge on any atom is 0.318 e. The second kappa shape index (κ2) is 13.2. The molecule has 9 heteroatoms. The van der Waals surface area contributed by atoms with E-state index in [4.69, 9.17) is 11.6 Å². The van der Waals surface area contributed by atoms with Gasteiger partial charge in [0.15, 0.2) is 0 Å². The van der Waals surface area contributed by atoms with Crippen LogP contribution in [0.25, 0.3) is 0 Å². The number of rotatable bonds is 7. The minimum absolute atomic E-state index is 0.0836. The van der Waals surface area contributed by atoms with Crippen LogP contribution in [-0.4, -0.2) is 55.0 Å². The van der Waals surface area contributed by atoms with Gasteiger partial charge in [0.1, 0.15) is 6.04 Å². The summed E-state index contributed by atoms with van der Waals surface area (Å²) < 4.78 is 0. The number of para-hydroxylation sites is 1. The van der Waals surface area contributed by atoms with Crippen molar-refractivity contribution in [3.05, 3.63) is 100 Å². The molecule has 4 N–H and O–H groups in total. The zero-order valence-corrected chi connectivity index (χ0v) is 23.9. The number of hydrogen-bond acceptors (Lipinski definition) is 4. The van der Waals surface area contributed by atoms with E-state index in [2.05, 4.69) is 33.4 Å². The molecule has 2 atom stereocenters. The predicted molar refractivity (Wildman–Crippen MR) is 161 cm³/mol. The van der Waals surface area contributed by atoms with Gasteiger partial charge in [0.25, 0.3) is 0 Å². The monoisotopic (exact) mass is 573 g/mol. The van der Waals surface area contributed by atoms with Gasteiger partial charge in [-0.3, -0.25) is 9.59 Å². The Morgan fingerprint density at radius 2 is 1.63 bits per heavy atom. The summed E-state index contributed by atoms with van der Waals surface area (Å²) in [6.45, 7) is 1.76. The van der Waals surface area contributed by atoms with Crippen LogP contribution in [0.4, 0.5) is 10.5 Å². The largest absolute Gasteiger partial charge is 0.343 e. The van der Waals surface area contributed by atoms with Crippen molar-refractivity contribution in [2.45, 2.75) is 50.2 Å². The van der Waals surface area contributed by atoms with Crippen molar-refractivity contribution in [1.29, 1.82) is 0 Å². The number of hydrogen-bond donors (Lipinski definition) is 4. The lowest BCUT2D eigenvalue weighted by atomic mass is 9.88. The molecule has 2 heterocycles. The van der Waals surface area contributed by atoms with Crippen LogP contribution in [0.15, 0.2) is 72.8 Å². The molecule has 0 radical (unpaired) electrons. The number of halogens is 1. The highest BCUT2D eigenvalue weighted by Gasteiger charge is 2.33. The highest BCUT2D eigenvalue weighted by atomic mass is 35.5. The Labute approximate surface area is 245 Å². The molecule has 0 saturated carbocycles. The quantitative estimate of drug-likeness (QED) is 0.339. The molecule has 3 aromatic rings. The molecule has 3 aromatic carbocycles. The van der Waals surface area contributed by atoms with Gasteiger partial charge < -0.3 is 26.2 Å². The maximum absolute atomic E-state index is 13.9.